The average Bonchev–Trinajstić information content (AvgIpc) is 3.35. The number of fused-ring (bicyclic) bond motifs is 1. The van der Waals surface area contributed by atoms with Crippen LogP contribution in [-0.4, -0.2) is 108 Å². The van der Waals surface area contributed by atoms with Crippen LogP contribution in [0, 0.1) is 11.8 Å². The van der Waals surface area contributed by atoms with Gasteiger partial charge in [-0.2, -0.15) is 0 Å². The molecule has 1 aromatic carbocycles. The number of methoxy groups -OCH3 is 1. The summed E-state index contributed by atoms with van der Waals surface area (Å²) < 4.78 is 18.6. The van der Waals surface area contributed by atoms with Crippen LogP contribution in [0.1, 0.15) is 64.4 Å². The maximum Gasteiger partial charge on any atom is 0.410 e. The minimum absolute atomic E-state index is 0.00533. The molecule has 0 bridgehead atoms. The van der Waals surface area contributed by atoms with Gasteiger partial charge in [-0.25, -0.2) is 4.79 Å². The van der Waals surface area contributed by atoms with Gasteiger partial charge in [0.1, 0.15) is 11.3 Å². The summed E-state index contributed by atoms with van der Waals surface area (Å²) in [4.78, 5) is 47.1. The van der Waals surface area contributed by atoms with Gasteiger partial charge in [0.15, 0.2) is 0 Å². The minimum Gasteiger partial charge on any atom is -0.444 e. The Balaban J connectivity index is 1.68. The monoisotopic (exact) mass is 598 g/mol. The third-order valence-corrected chi connectivity index (χ3v) is 8.03. The first-order valence-corrected chi connectivity index (χ1v) is 15.7. The summed E-state index contributed by atoms with van der Waals surface area (Å²) in [5.41, 5.74) is 0.974. The molecule has 0 radical (unpaired) electrons. The second-order valence-corrected chi connectivity index (χ2v) is 13.2. The SMILES string of the molecule is COCCCCn1c(C(=O)N(CC(C)C)[C@H]2C[C@@H](C(=O)N3CCOCC3)CN(C(=O)OC(C)(C)C)C2)cc2ccccc21. The number of hydrogen-bond donors (Lipinski definition) is 0. The van der Waals surface area contributed by atoms with Crippen molar-refractivity contribution in [2.75, 3.05) is 59.7 Å². The lowest BCUT2D eigenvalue weighted by molar-refractivity contribution is -0.142. The molecule has 0 saturated carbocycles. The third-order valence-electron chi connectivity index (χ3n) is 8.03. The lowest BCUT2D eigenvalue weighted by atomic mass is 9.91. The Morgan fingerprint density at radius 3 is 2.44 bits per heavy atom. The Morgan fingerprint density at radius 2 is 1.77 bits per heavy atom. The molecule has 0 N–H and O–H groups in total. The zero-order chi connectivity index (χ0) is 31.1. The first-order valence-electron chi connectivity index (χ1n) is 15.7. The van der Waals surface area contributed by atoms with E-state index in [1.807, 2.05) is 54.8 Å². The number of piperidine rings is 1. The molecule has 0 spiro atoms. The molecule has 3 heterocycles. The summed E-state index contributed by atoms with van der Waals surface area (Å²) in [6.45, 7) is 14.2. The molecule has 2 atom stereocenters. The number of hydrogen-bond acceptors (Lipinski definition) is 6. The number of amides is 3. The highest BCUT2D eigenvalue weighted by Gasteiger charge is 2.41. The maximum absolute atomic E-state index is 14.6. The Bertz CT molecular complexity index is 1250. The number of unbranched alkanes of at least 4 members (excludes halogenated alkanes) is 1. The number of rotatable bonds is 10. The number of nitrogens with zero attached hydrogens (tertiary/aromatic N) is 4. The minimum atomic E-state index is -0.676. The number of para-hydroxylation sites is 1. The van der Waals surface area contributed by atoms with Crippen LogP contribution in [0.3, 0.4) is 0 Å². The number of aryl methyl sites for hydroxylation is 1. The van der Waals surface area contributed by atoms with Crippen LogP contribution in [0.2, 0.25) is 0 Å². The zero-order valence-electron chi connectivity index (χ0n) is 26.8. The molecule has 2 aliphatic rings. The molecule has 43 heavy (non-hydrogen) atoms. The van der Waals surface area contributed by atoms with Crippen molar-refractivity contribution in [1.82, 2.24) is 19.3 Å². The van der Waals surface area contributed by atoms with Crippen LogP contribution < -0.4 is 0 Å². The number of ether oxygens (including phenoxy) is 3. The van der Waals surface area contributed by atoms with E-state index in [2.05, 4.69) is 24.5 Å². The van der Waals surface area contributed by atoms with Gasteiger partial charge in [0.25, 0.3) is 5.91 Å². The lowest BCUT2D eigenvalue weighted by Gasteiger charge is -2.44. The molecule has 1 aromatic heterocycles. The fourth-order valence-electron chi connectivity index (χ4n) is 6.08. The van der Waals surface area contributed by atoms with Crippen molar-refractivity contribution in [3.8, 4) is 0 Å². The molecule has 4 rings (SSSR count). The summed E-state index contributed by atoms with van der Waals surface area (Å²) in [6.07, 6.45) is 1.80. The highest BCUT2D eigenvalue weighted by Crippen LogP contribution is 2.29. The first-order chi connectivity index (χ1) is 20.5. The molecule has 10 heteroatoms. The largest absolute Gasteiger partial charge is 0.444 e. The summed E-state index contributed by atoms with van der Waals surface area (Å²) >= 11 is 0. The number of morpholine rings is 1. The van der Waals surface area contributed by atoms with Gasteiger partial charge in [0.2, 0.25) is 5.91 Å². The van der Waals surface area contributed by atoms with Crippen LogP contribution >= 0.6 is 0 Å². The molecule has 0 aliphatic carbocycles. The van der Waals surface area contributed by atoms with Gasteiger partial charge < -0.3 is 33.5 Å². The molecule has 2 aliphatic heterocycles. The molecule has 0 unspecified atom stereocenters. The molecule has 2 saturated heterocycles. The molecule has 2 fully saturated rings. The predicted molar refractivity (Wildman–Crippen MR) is 166 cm³/mol. The fourth-order valence-corrected chi connectivity index (χ4v) is 6.08. The summed E-state index contributed by atoms with van der Waals surface area (Å²) in [6, 6.07) is 9.70. The smallest absolute Gasteiger partial charge is 0.410 e. The second kappa shape index (κ2) is 14.6. The number of benzene rings is 1. The van der Waals surface area contributed by atoms with E-state index in [1.165, 1.54) is 0 Å². The van der Waals surface area contributed by atoms with Crippen LogP contribution in [0.25, 0.3) is 10.9 Å². The van der Waals surface area contributed by atoms with Gasteiger partial charge in [-0.1, -0.05) is 32.0 Å². The van der Waals surface area contributed by atoms with Crippen LogP contribution in [0.5, 0.6) is 0 Å². The van der Waals surface area contributed by atoms with E-state index in [0.717, 1.165) is 23.7 Å². The summed E-state index contributed by atoms with van der Waals surface area (Å²) in [5.74, 6) is -0.323. The van der Waals surface area contributed by atoms with Gasteiger partial charge in [-0.05, 0) is 58.1 Å². The normalized spacial score (nSPS) is 19.6. The van der Waals surface area contributed by atoms with Crippen LogP contribution in [0.15, 0.2) is 30.3 Å². The van der Waals surface area contributed by atoms with Gasteiger partial charge in [0.05, 0.1) is 25.2 Å². The average molecular weight is 599 g/mol. The first kappa shape index (κ1) is 32.8. The Morgan fingerprint density at radius 1 is 1.05 bits per heavy atom. The van der Waals surface area contributed by atoms with Crippen molar-refractivity contribution >= 4 is 28.8 Å². The van der Waals surface area contributed by atoms with E-state index in [9.17, 15) is 14.4 Å². The van der Waals surface area contributed by atoms with Gasteiger partial charge in [0, 0.05) is 63.9 Å². The summed E-state index contributed by atoms with van der Waals surface area (Å²) in [7, 11) is 1.70. The highest BCUT2D eigenvalue weighted by molar-refractivity contribution is 5.99. The van der Waals surface area contributed by atoms with Gasteiger partial charge in [-0.3, -0.25) is 9.59 Å². The second-order valence-electron chi connectivity index (χ2n) is 13.2. The van der Waals surface area contributed by atoms with Crippen molar-refractivity contribution in [2.24, 2.45) is 11.8 Å². The van der Waals surface area contributed by atoms with E-state index in [0.29, 0.717) is 64.7 Å². The molecule has 238 valence electrons. The number of carbonyl (C=O) groups excluding carboxylic acids is 3. The fraction of sp³-hybridized carbons (Fsp3) is 0.667. The maximum atomic E-state index is 14.6. The predicted octanol–water partition coefficient (Wildman–Crippen LogP) is 4.65. The topological polar surface area (TPSA) is 93.5 Å². The van der Waals surface area contributed by atoms with Crippen molar-refractivity contribution in [2.45, 2.75) is 72.1 Å². The van der Waals surface area contributed by atoms with E-state index >= 15 is 0 Å². The Labute approximate surface area is 256 Å². The van der Waals surface area contributed by atoms with E-state index in [-0.39, 0.29) is 30.3 Å². The molecule has 10 nitrogen and oxygen atoms in total. The van der Waals surface area contributed by atoms with Gasteiger partial charge >= 0.3 is 6.09 Å². The number of likely N-dealkylation sites (tertiary alicyclic amines) is 1. The number of aromatic nitrogens is 1. The summed E-state index contributed by atoms with van der Waals surface area (Å²) in [5, 5.41) is 1.02. The van der Waals surface area contributed by atoms with E-state index in [1.54, 1.807) is 12.0 Å². The van der Waals surface area contributed by atoms with Crippen molar-refractivity contribution < 1.29 is 28.6 Å². The van der Waals surface area contributed by atoms with Crippen LogP contribution in [0.4, 0.5) is 4.79 Å². The molecule has 2 aromatic rings. The molecule has 3 amide bonds. The van der Waals surface area contributed by atoms with Crippen molar-refractivity contribution in [3.05, 3.63) is 36.0 Å². The Kier molecular flexibility index (Phi) is 11.1. The van der Waals surface area contributed by atoms with Crippen LogP contribution in [-0.2, 0) is 25.5 Å². The third kappa shape index (κ3) is 8.50. The zero-order valence-corrected chi connectivity index (χ0v) is 26.8. The van der Waals surface area contributed by atoms with Crippen molar-refractivity contribution in [3.63, 3.8) is 0 Å². The Hall–Kier alpha value is -3.11. The van der Waals surface area contributed by atoms with Gasteiger partial charge in [-0.15, -0.1) is 0 Å². The standard InChI is InChI=1S/C33H50N4O6/c1-24(2)21-37(31(39)29-20-25-11-7-8-12-28(25)36(29)13-9-10-16-41-6)27-19-26(30(38)34-14-17-42-18-15-34)22-35(23-27)32(40)43-33(3,4)5/h7-8,11-12,20,24,26-27H,9-10,13-19,21-23H2,1-6H3/t26-,27+/m1/s1. The highest BCUT2D eigenvalue weighted by atomic mass is 16.6. The van der Waals surface area contributed by atoms with Crippen molar-refractivity contribution in [1.29, 1.82) is 0 Å². The quantitative estimate of drug-likeness (QED) is 0.370. The molecular formula is C33H50N4O6. The van der Waals surface area contributed by atoms with E-state index < -0.39 is 17.6 Å². The molecular weight excluding hydrogens is 548 g/mol. The number of carbonyl (C=O) groups is 3. The lowest BCUT2D eigenvalue weighted by Crippen LogP contribution is -2.58. The van der Waals surface area contributed by atoms with E-state index in [4.69, 9.17) is 14.2 Å².